The summed E-state index contributed by atoms with van der Waals surface area (Å²) >= 11 is 0. The Kier molecular flexibility index (Phi) is 5.73. The number of nitrogens with two attached hydrogens (primary N) is 1. The number of benzene rings is 1. The molecule has 4 nitrogen and oxygen atoms in total. The third kappa shape index (κ3) is 4.42. The van der Waals surface area contributed by atoms with Gasteiger partial charge in [-0.2, -0.15) is 0 Å². The maximum atomic E-state index is 12.0. The molecule has 20 heavy (non-hydrogen) atoms. The van der Waals surface area contributed by atoms with E-state index in [0.29, 0.717) is 24.0 Å². The van der Waals surface area contributed by atoms with Crippen molar-refractivity contribution < 1.29 is 9.00 Å². The molecule has 1 unspecified atom stereocenters. The van der Waals surface area contributed by atoms with Crippen molar-refractivity contribution >= 4 is 22.4 Å². The molecule has 1 amide bonds. The molecule has 1 aliphatic carbocycles. The fourth-order valence-electron chi connectivity index (χ4n) is 2.51. The molecule has 0 saturated heterocycles. The lowest BCUT2D eigenvalue weighted by Gasteiger charge is -2.09. The zero-order valence-corrected chi connectivity index (χ0v) is 12.5. The van der Waals surface area contributed by atoms with Gasteiger partial charge in [-0.15, -0.1) is 0 Å². The van der Waals surface area contributed by atoms with Crippen LogP contribution in [0.3, 0.4) is 0 Å². The first kappa shape index (κ1) is 15.2. The number of anilines is 1. The van der Waals surface area contributed by atoms with Crippen LogP contribution in [0.2, 0.25) is 0 Å². The second-order valence-electron chi connectivity index (χ2n) is 5.19. The van der Waals surface area contributed by atoms with E-state index in [4.69, 9.17) is 5.73 Å². The van der Waals surface area contributed by atoms with Gasteiger partial charge < -0.3 is 11.1 Å². The zero-order chi connectivity index (χ0) is 14.4. The summed E-state index contributed by atoms with van der Waals surface area (Å²) in [4.78, 5) is 11.9. The molecule has 1 aromatic rings. The van der Waals surface area contributed by atoms with Gasteiger partial charge in [-0.25, -0.2) is 0 Å². The van der Waals surface area contributed by atoms with Crippen LogP contribution in [0.15, 0.2) is 24.3 Å². The highest BCUT2D eigenvalue weighted by atomic mass is 32.2. The number of amides is 1. The highest BCUT2D eigenvalue weighted by Crippen LogP contribution is 2.23. The van der Waals surface area contributed by atoms with Crippen LogP contribution >= 0.6 is 0 Å². The lowest BCUT2D eigenvalue weighted by atomic mass is 10.2. The summed E-state index contributed by atoms with van der Waals surface area (Å²) in [5.41, 5.74) is 7.30. The number of carbonyl (C=O) groups excluding carboxylic acids is 1. The summed E-state index contributed by atoms with van der Waals surface area (Å²) < 4.78 is 12.0. The Labute approximate surface area is 122 Å². The summed E-state index contributed by atoms with van der Waals surface area (Å²) in [6.45, 7) is 0.454. The Bertz CT molecular complexity index is 485. The summed E-state index contributed by atoms with van der Waals surface area (Å²) in [5.74, 6) is 0.387. The largest absolute Gasteiger partial charge is 0.326 e. The molecule has 0 spiro atoms. The van der Waals surface area contributed by atoms with Crippen LogP contribution in [-0.4, -0.2) is 21.1 Å². The van der Waals surface area contributed by atoms with Gasteiger partial charge in [0, 0.05) is 40.5 Å². The monoisotopic (exact) mass is 294 g/mol. The molecule has 0 heterocycles. The van der Waals surface area contributed by atoms with E-state index in [-0.39, 0.29) is 5.91 Å². The molecular formula is C15H22N2O2S. The molecule has 5 heteroatoms. The molecule has 1 atom stereocenters. The number of nitrogens with one attached hydrogen (secondary N) is 1. The molecule has 0 bridgehead atoms. The Hall–Kier alpha value is -1.20. The molecular weight excluding hydrogens is 272 g/mol. The second-order valence-corrected chi connectivity index (χ2v) is 7.03. The number of carbonyl (C=O) groups is 1. The van der Waals surface area contributed by atoms with Crippen molar-refractivity contribution in [3.8, 4) is 0 Å². The third-order valence-corrected chi connectivity index (χ3v) is 5.47. The third-order valence-electron chi connectivity index (χ3n) is 3.65. The summed E-state index contributed by atoms with van der Waals surface area (Å²) in [5, 5.41) is 3.14. The Morgan fingerprint density at radius 3 is 2.80 bits per heavy atom. The van der Waals surface area contributed by atoms with Gasteiger partial charge in [-0.05, 0) is 30.5 Å². The molecule has 1 aliphatic rings. The normalized spacial score (nSPS) is 17.1. The van der Waals surface area contributed by atoms with Crippen molar-refractivity contribution in [1.82, 2.24) is 0 Å². The summed E-state index contributed by atoms with van der Waals surface area (Å²) in [6.07, 6.45) is 4.76. The zero-order valence-electron chi connectivity index (χ0n) is 11.6. The van der Waals surface area contributed by atoms with Crippen molar-refractivity contribution in [2.75, 3.05) is 11.1 Å². The van der Waals surface area contributed by atoms with Crippen molar-refractivity contribution in [3.63, 3.8) is 0 Å². The lowest BCUT2D eigenvalue weighted by Crippen LogP contribution is -2.19. The molecule has 0 aromatic heterocycles. The van der Waals surface area contributed by atoms with Crippen LogP contribution in [0.4, 0.5) is 5.69 Å². The van der Waals surface area contributed by atoms with Gasteiger partial charge >= 0.3 is 0 Å². The van der Waals surface area contributed by atoms with E-state index in [9.17, 15) is 9.00 Å². The van der Waals surface area contributed by atoms with Crippen LogP contribution in [0, 0.1) is 0 Å². The molecule has 2 rings (SSSR count). The molecule has 0 aliphatic heterocycles. The van der Waals surface area contributed by atoms with E-state index in [1.165, 1.54) is 12.8 Å². The first-order chi connectivity index (χ1) is 9.69. The van der Waals surface area contributed by atoms with Crippen LogP contribution in [0.1, 0.15) is 37.7 Å². The molecule has 1 aromatic carbocycles. The van der Waals surface area contributed by atoms with Gasteiger partial charge in [-0.1, -0.05) is 25.0 Å². The van der Waals surface area contributed by atoms with E-state index >= 15 is 0 Å². The molecule has 3 N–H and O–H groups in total. The second kappa shape index (κ2) is 7.55. The van der Waals surface area contributed by atoms with Gasteiger partial charge in [0.15, 0.2) is 0 Å². The summed E-state index contributed by atoms with van der Waals surface area (Å²) in [7, 11) is -0.861. The van der Waals surface area contributed by atoms with Gasteiger partial charge in [-0.3, -0.25) is 9.00 Å². The standard InChI is InChI=1S/C15H22N2O2S/c16-11-12-4-3-5-13(10-12)17-15(18)8-9-20(19)14-6-1-2-7-14/h3-5,10,14H,1-2,6-9,11,16H2,(H,17,18). The first-order valence-electron chi connectivity index (χ1n) is 7.15. The van der Waals surface area contributed by atoms with Crippen molar-refractivity contribution in [2.45, 2.75) is 43.9 Å². The van der Waals surface area contributed by atoms with E-state index < -0.39 is 10.8 Å². The minimum Gasteiger partial charge on any atom is -0.326 e. The first-order valence-corrected chi connectivity index (χ1v) is 8.53. The van der Waals surface area contributed by atoms with Crippen LogP contribution in [-0.2, 0) is 22.1 Å². The Balaban J connectivity index is 1.78. The van der Waals surface area contributed by atoms with E-state index in [0.717, 1.165) is 24.1 Å². The average Bonchev–Trinajstić information content (AvgIpc) is 2.99. The number of hydrogen-bond donors (Lipinski definition) is 2. The maximum Gasteiger partial charge on any atom is 0.225 e. The lowest BCUT2D eigenvalue weighted by molar-refractivity contribution is -0.115. The van der Waals surface area contributed by atoms with Gasteiger partial charge in [0.25, 0.3) is 0 Å². The topological polar surface area (TPSA) is 72.2 Å². The molecule has 1 saturated carbocycles. The average molecular weight is 294 g/mol. The Morgan fingerprint density at radius 2 is 2.10 bits per heavy atom. The minimum absolute atomic E-state index is 0.0782. The summed E-state index contributed by atoms with van der Waals surface area (Å²) in [6, 6.07) is 7.50. The van der Waals surface area contributed by atoms with Crippen LogP contribution in [0.5, 0.6) is 0 Å². The fourth-order valence-corrected chi connectivity index (χ4v) is 4.09. The van der Waals surface area contributed by atoms with Crippen molar-refractivity contribution in [2.24, 2.45) is 5.73 Å². The van der Waals surface area contributed by atoms with Crippen LogP contribution in [0.25, 0.3) is 0 Å². The molecule has 0 radical (unpaired) electrons. The van der Waals surface area contributed by atoms with Gasteiger partial charge in [0.05, 0.1) is 0 Å². The highest BCUT2D eigenvalue weighted by molar-refractivity contribution is 7.85. The predicted molar refractivity (Wildman–Crippen MR) is 82.8 cm³/mol. The fraction of sp³-hybridized carbons (Fsp3) is 0.533. The minimum atomic E-state index is -0.861. The van der Waals surface area contributed by atoms with E-state index in [1.54, 1.807) is 0 Å². The quantitative estimate of drug-likeness (QED) is 0.844. The maximum absolute atomic E-state index is 12.0. The van der Waals surface area contributed by atoms with E-state index in [2.05, 4.69) is 5.32 Å². The smallest absolute Gasteiger partial charge is 0.225 e. The SMILES string of the molecule is NCc1cccc(NC(=O)CCS(=O)C2CCCC2)c1. The molecule has 1 fully saturated rings. The van der Waals surface area contributed by atoms with Crippen molar-refractivity contribution in [1.29, 1.82) is 0 Å². The highest BCUT2D eigenvalue weighted by Gasteiger charge is 2.21. The van der Waals surface area contributed by atoms with Crippen molar-refractivity contribution in [3.05, 3.63) is 29.8 Å². The Morgan fingerprint density at radius 1 is 1.35 bits per heavy atom. The van der Waals surface area contributed by atoms with Gasteiger partial charge in [0.2, 0.25) is 5.91 Å². The number of rotatable bonds is 6. The molecule has 110 valence electrons. The van der Waals surface area contributed by atoms with E-state index in [1.807, 2.05) is 24.3 Å². The predicted octanol–water partition coefficient (Wildman–Crippen LogP) is 2.17. The number of hydrogen-bond acceptors (Lipinski definition) is 3. The van der Waals surface area contributed by atoms with Gasteiger partial charge in [0.1, 0.15) is 0 Å². The van der Waals surface area contributed by atoms with Crippen LogP contribution < -0.4 is 11.1 Å².